The molecule has 0 radical (unpaired) electrons. The van der Waals surface area contributed by atoms with E-state index in [1.807, 2.05) is 24.3 Å². The molecule has 0 spiro atoms. The summed E-state index contributed by atoms with van der Waals surface area (Å²) in [6.07, 6.45) is 3.88. The maximum Gasteiger partial charge on any atom is 0.242 e. The Hall–Kier alpha value is -1.02. The number of aromatic nitrogens is 2. The number of rotatable bonds is 2. The summed E-state index contributed by atoms with van der Waals surface area (Å²) in [6.45, 7) is 5.15. The normalized spacial score (nSPS) is 21.8. The molecule has 1 N–H and O–H groups in total. The summed E-state index contributed by atoms with van der Waals surface area (Å²) in [5.74, 6) is 0.163. The van der Waals surface area contributed by atoms with Gasteiger partial charge in [0.25, 0.3) is 0 Å². The molecule has 1 amide bonds. The van der Waals surface area contributed by atoms with E-state index >= 15 is 0 Å². The second-order valence-corrected chi connectivity index (χ2v) is 5.27. The second-order valence-electron chi connectivity index (χ2n) is 5.27. The van der Waals surface area contributed by atoms with Crippen molar-refractivity contribution in [2.45, 2.75) is 6.04 Å². The van der Waals surface area contributed by atoms with Crippen LogP contribution in [0.5, 0.6) is 0 Å². The molecule has 2 aliphatic rings. The van der Waals surface area contributed by atoms with E-state index in [1.54, 1.807) is 4.68 Å². The van der Waals surface area contributed by atoms with Gasteiger partial charge >= 0.3 is 0 Å². The van der Waals surface area contributed by atoms with Gasteiger partial charge in [-0.25, -0.2) is 0 Å². The maximum absolute atomic E-state index is 12.3. The first-order chi connectivity index (χ1) is 9.74. The summed E-state index contributed by atoms with van der Waals surface area (Å²) in [5, 5.41) is 7.41. The Morgan fingerprint density at radius 1 is 1.32 bits per heavy atom. The van der Waals surface area contributed by atoms with Gasteiger partial charge in [-0.2, -0.15) is 5.10 Å². The van der Waals surface area contributed by atoms with Crippen molar-refractivity contribution in [3.05, 3.63) is 12.4 Å². The lowest BCUT2D eigenvalue weighted by atomic mass is 10.2. The fourth-order valence-corrected chi connectivity index (χ4v) is 2.70. The number of amides is 1. The van der Waals surface area contributed by atoms with Crippen LogP contribution >= 0.6 is 24.8 Å². The molecule has 0 aliphatic carbocycles. The smallest absolute Gasteiger partial charge is 0.242 e. The Kier molecular flexibility index (Phi) is 7.41. The standard InChI is InChI=1S/C13H21N5O2.2ClH/c1-16-9-11(8-15-16)17-3-5-18(6-4-17)13(19)12-10-20-7-2-14-12;;/h8-9,12,14H,2-7,10H2,1H3;2*1H. The van der Waals surface area contributed by atoms with E-state index in [1.165, 1.54) is 0 Å². The molecule has 0 bridgehead atoms. The molecule has 1 atom stereocenters. The van der Waals surface area contributed by atoms with Crippen LogP contribution in [0, 0.1) is 0 Å². The fraction of sp³-hybridized carbons (Fsp3) is 0.692. The third-order valence-corrected chi connectivity index (χ3v) is 3.87. The van der Waals surface area contributed by atoms with Gasteiger partial charge in [-0.15, -0.1) is 24.8 Å². The molecule has 2 fully saturated rings. The van der Waals surface area contributed by atoms with E-state index in [2.05, 4.69) is 15.3 Å². The Labute approximate surface area is 142 Å². The molecule has 0 aromatic carbocycles. The third kappa shape index (κ3) is 4.25. The summed E-state index contributed by atoms with van der Waals surface area (Å²) in [7, 11) is 1.91. The number of carbonyl (C=O) groups excluding carboxylic acids is 1. The molecule has 22 heavy (non-hydrogen) atoms. The number of anilines is 1. The molecule has 1 aromatic heterocycles. The lowest BCUT2D eigenvalue weighted by Gasteiger charge is -2.37. The molecule has 126 valence electrons. The van der Waals surface area contributed by atoms with Crippen molar-refractivity contribution in [1.82, 2.24) is 20.0 Å². The molecule has 1 unspecified atom stereocenters. The summed E-state index contributed by atoms with van der Waals surface area (Å²) in [4.78, 5) is 16.5. The summed E-state index contributed by atoms with van der Waals surface area (Å²) >= 11 is 0. The minimum Gasteiger partial charge on any atom is -0.378 e. The van der Waals surface area contributed by atoms with Crippen LogP contribution in [0.15, 0.2) is 12.4 Å². The van der Waals surface area contributed by atoms with Gasteiger partial charge in [0.2, 0.25) is 5.91 Å². The Morgan fingerprint density at radius 2 is 2.05 bits per heavy atom. The number of hydrogen-bond acceptors (Lipinski definition) is 5. The lowest BCUT2D eigenvalue weighted by molar-refractivity contribution is -0.136. The Balaban J connectivity index is 0.00000121. The zero-order chi connectivity index (χ0) is 13.9. The number of ether oxygens (including phenoxy) is 1. The quantitative estimate of drug-likeness (QED) is 0.806. The predicted molar refractivity (Wildman–Crippen MR) is 89.1 cm³/mol. The molecular weight excluding hydrogens is 329 g/mol. The number of aryl methyl sites for hydroxylation is 1. The highest BCUT2D eigenvalue weighted by molar-refractivity contribution is 5.85. The van der Waals surface area contributed by atoms with E-state index in [9.17, 15) is 4.79 Å². The second kappa shape index (κ2) is 8.57. The minimum absolute atomic E-state index is 0. The first-order valence-corrected chi connectivity index (χ1v) is 7.07. The van der Waals surface area contributed by atoms with Gasteiger partial charge in [-0.1, -0.05) is 0 Å². The fourth-order valence-electron chi connectivity index (χ4n) is 2.70. The van der Waals surface area contributed by atoms with E-state index in [0.717, 1.165) is 38.4 Å². The SMILES string of the molecule is Cl.Cl.Cn1cc(N2CCN(C(=O)C3COCCN3)CC2)cn1. The number of carbonyl (C=O) groups is 1. The number of halogens is 2. The highest BCUT2D eigenvalue weighted by Gasteiger charge is 2.28. The van der Waals surface area contributed by atoms with Crippen molar-refractivity contribution in [2.75, 3.05) is 50.8 Å². The van der Waals surface area contributed by atoms with Gasteiger partial charge in [0.15, 0.2) is 0 Å². The van der Waals surface area contributed by atoms with Crippen LogP contribution in [0.3, 0.4) is 0 Å². The molecule has 2 aliphatic heterocycles. The van der Waals surface area contributed by atoms with Crippen LogP contribution in [-0.4, -0.2) is 72.6 Å². The average Bonchev–Trinajstić information content (AvgIpc) is 2.94. The van der Waals surface area contributed by atoms with Crippen molar-refractivity contribution in [3.63, 3.8) is 0 Å². The highest BCUT2D eigenvalue weighted by Crippen LogP contribution is 2.15. The summed E-state index contributed by atoms with van der Waals surface area (Å²) in [5.41, 5.74) is 1.12. The lowest BCUT2D eigenvalue weighted by Crippen LogP contribution is -2.57. The van der Waals surface area contributed by atoms with Crippen LogP contribution in [0.25, 0.3) is 0 Å². The summed E-state index contributed by atoms with van der Waals surface area (Å²) < 4.78 is 7.16. The molecule has 9 heteroatoms. The molecule has 7 nitrogen and oxygen atoms in total. The number of morpholine rings is 1. The van der Waals surface area contributed by atoms with Crippen molar-refractivity contribution in [1.29, 1.82) is 0 Å². The zero-order valence-electron chi connectivity index (χ0n) is 12.6. The number of nitrogens with one attached hydrogen (secondary N) is 1. The van der Waals surface area contributed by atoms with Gasteiger partial charge in [0.05, 0.1) is 25.1 Å². The molecule has 0 saturated carbocycles. The molecule has 3 rings (SSSR count). The highest BCUT2D eigenvalue weighted by atomic mass is 35.5. The number of nitrogens with zero attached hydrogens (tertiary/aromatic N) is 4. The van der Waals surface area contributed by atoms with E-state index in [0.29, 0.717) is 13.2 Å². The van der Waals surface area contributed by atoms with Crippen molar-refractivity contribution in [3.8, 4) is 0 Å². The van der Waals surface area contributed by atoms with Crippen LogP contribution < -0.4 is 10.2 Å². The van der Waals surface area contributed by atoms with Crippen molar-refractivity contribution in [2.24, 2.45) is 7.05 Å². The van der Waals surface area contributed by atoms with Crippen LogP contribution in [0.1, 0.15) is 0 Å². The van der Waals surface area contributed by atoms with E-state index in [4.69, 9.17) is 4.74 Å². The van der Waals surface area contributed by atoms with Crippen molar-refractivity contribution >= 4 is 36.4 Å². The molecule has 1 aromatic rings. The van der Waals surface area contributed by atoms with Crippen LogP contribution in [0.4, 0.5) is 5.69 Å². The van der Waals surface area contributed by atoms with Crippen molar-refractivity contribution < 1.29 is 9.53 Å². The Morgan fingerprint density at radius 3 is 2.59 bits per heavy atom. The van der Waals surface area contributed by atoms with E-state index < -0.39 is 0 Å². The minimum atomic E-state index is -0.173. The number of piperazine rings is 1. The topological polar surface area (TPSA) is 62.6 Å². The molecule has 2 saturated heterocycles. The van der Waals surface area contributed by atoms with Crippen LogP contribution in [0.2, 0.25) is 0 Å². The monoisotopic (exact) mass is 351 g/mol. The number of hydrogen-bond donors (Lipinski definition) is 1. The first kappa shape index (κ1) is 19.0. The first-order valence-electron chi connectivity index (χ1n) is 7.07. The summed E-state index contributed by atoms with van der Waals surface area (Å²) in [6, 6.07) is -0.173. The molecular formula is C13H23Cl2N5O2. The van der Waals surface area contributed by atoms with Gasteiger partial charge in [-0.3, -0.25) is 9.48 Å². The van der Waals surface area contributed by atoms with Gasteiger partial charge in [0, 0.05) is 46.0 Å². The maximum atomic E-state index is 12.3. The third-order valence-electron chi connectivity index (χ3n) is 3.87. The largest absolute Gasteiger partial charge is 0.378 e. The average molecular weight is 352 g/mol. The molecule has 3 heterocycles. The van der Waals surface area contributed by atoms with Gasteiger partial charge < -0.3 is 19.9 Å². The van der Waals surface area contributed by atoms with Gasteiger partial charge in [0.1, 0.15) is 6.04 Å². The Bertz CT molecular complexity index is 471. The predicted octanol–water partition coefficient (Wildman–Crippen LogP) is -0.0993. The van der Waals surface area contributed by atoms with Crippen LogP contribution in [-0.2, 0) is 16.6 Å². The zero-order valence-corrected chi connectivity index (χ0v) is 14.2. The van der Waals surface area contributed by atoms with Gasteiger partial charge in [-0.05, 0) is 0 Å². The van der Waals surface area contributed by atoms with E-state index in [-0.39, 0.29) is 36.8 Å².